The first-order chi connectivity index (χ1) is 12.1. The van der Waals surface area contributed by atoms with Crippen molar-refractivity contribution in [3.63, 3.8) is 0 Å². The Kier molecular flexibility index (Phi) is 6.59. The highest BCUT2D eigenvalue weighted by atomic mass is 32.2. The maximum absolute atomic E-state index is 12.5. The fraction of sp³-hybridized carbons (Fsp3) is 0.333. The summed E-state index contributed by atoms with van der Waals surface area (Å²) in [5, 5.41) is 13.1. The Labute approximate surface area is 155 Å². The van der Waals surface area contributed by atoms with E-state index in [4.69, 9.17) is 0 Å². The number of hydrogen-bond donors (Lipinski definition) is 2. The van der Waals surface area contributed by atoms with Gasteiger partial charge in [-0.2, -0.15) is 13.2 Å². The van der Waals surface area contributed by atoms with Crippen molar-refractivity contribution in [2.24, 2.45) is 5.92 Å². The van der Waals surface area contributed by atoms with E-state index in [1.165, 1.54) is 12.1 Å². The lowest BCUT2D eigenvalue weighted by Gasteiger charge is -2.08. The Hall–Kier alpha value is -2.14. The first-order valence-electron chi connectivity index (χ1n) is 7.39. The van der Waals surface area contributed by atoms with Gasteiger partial charge in [0, 0.05) is 11.6 Å². The summed E-state index contributed by atoms with van der Waals surface area (Å²) in [7, 11) is 0. The molecule has 26 heavy (non-hydrogen) atoms. The molecule has 2 rings (SSSR count). The van der Waals surface area contributed by atoms with E-state index >= 15 is 0 Å². The molecule has 0 saturated carbocycles. The summed E-state index contributed by atoms with van der Waals surface area (Å²) in [4.78, 5) is 23.4. The number of aromatic nitrogens is 2. The van der Waals surface area contributed by atoms with Gasteiger partial charge in [-0.25, -0.2) is 0 Å². The van der Waals surface area contributed by atoms with Crippen LogP contribution in [0.15, 0.2) is 28.6 Å². The van der Waals surface area contributed by atoms with E-state index in [0.29, 0.717) is 9.47 Å². The molecule has 1 aromatic carbocycles. The first-order valence-corrected chi connectivity index (χ1v) is 9.19. The Bertz CT molecular complexity index is 776. The van der Waals surface area contributed by atoms with Crippen molar-refractivity contribution in [3.8, 4) is 0 Å². The van der Waals surface area contributed by atoms with Crippen LogP contribution in [0.25, 0.3) is 0 Å². The molecule has 0 radical (unpaired) electrons. The number of thioether (sulfide) groups is 1. The molecule has 2 N–H and O–H groups in total. The molecule has 0 unspecified atom stereocenters. The number of benzene rings is 1. The smallest absolute Gasteiger partial charge is 0.325 e. The normalized spacial score (nSPS) is 11.5. The topological polar surface area (TPSA) is 84.0 Å². The van der Waals surface area contributed by atoms with Gasteiger partial charge in [0.05, 0.1) is 11.3 Å². The number of carbonyl (C=O) groups is 2. The standard InChI is InChI=1S/C15H15F3N4O2S2/c1-8(2)12(24)20-13-21-22-14(26-13)25-7-11(23)19-10-5-3-9(4-6-10)15(16,17)18/h3-6,8H,7H2,1-2H3,(H,19,23)(H,20,21,24). The van der Waals surface area contributed by atoms with E-state index in [1.807, 2.05) is 0 Å². The van der Waals surface area contributed by atoms with Gasteiger partial charge < -0.3 is 10.6 Å². The largest absolute Gasteiger partial charge is 0.416 e. The molecule has 11 heteroatoms. The molecule has 0 aliphatic heterocycles. The quantitative estimate of drug-likeness (QED) is 0.564. The maximum atomic E-state index is 12.5. The molecule has 6 nitrogen and oxygen atoms in total. The molecule has 0 fully saturated rings. The van der Waals surface area contributed by atoms with Crippen LogP contribution >= 0.6 is 23.1 Å². The fourth-order valence-corrected chi connectivity index (χ4v) is 3.19. The van der Waals surface area contributed by atoms with Crippen molar-refractivity contribution < 1.29 is 22.8 Å². The molecule has 0 aliphatic carbocycles. The summed E-state index contributed by atoms with van der Waals surface area (Å²) in [6, 6.07) is 4.18. The van der Waals surface area contributed by atoms with E-state index in [-0.39, 0.29) is 23.3 Å². The summed E-state index contributed by atoms with van der Waals surface area (Å²) in [6.07, 6.45) is -4.42. The van der Waals surface area contributed by atoms with Crippen molar-refractivity contribution in [2.45, 2.75) is 24.4 Å². The Balaban J connectivity index is 1.83. The predicted molar refractivity (Wildman–Crippen MR) is 94.2 cm³/mol. The highest BCUT2D eigenvalue weighted by Crippen LogP contribution is 2.30. The Morgan fingerprint density at radius 2 is 1.81 bits per heavy atom. The highest BCUT2D eigenvalue weighted by molar-refractivity contribution is 8.01. The van der Waals surface area contributed by atoms with Gasteiger partial charge in [-0.3, -0.25) is 9.59 Å². The number of nitrogens with zero attached hydrogens (tertiary/aromatic N) is 2. The van der Waals surface area contributed by atoms with E-state index in [0.717, 1.165) is 35.2 Å². The molecule has 2 aromatic rings. The maximum Gasteiger partial charge on any atom is 0.416 e. The third-order valence-corrected chi connectivity index (χ3v) is 4.96. The van der Waals surface area contributed by atoms with Gasteiger partial charge >= 0.3 is 6.18 Å². The SMILES string of the molecule is CC(C)C(=O)Nc1nnc(SCC(=O)Nc2ccc(C(F)(F)F)cc2)s1. The van der Waals surface area contributed by atoms with E-state index < -0.39 is 17.6 Å². The minimum Gasteiger partial charge on any atom is -0.325 e. The van der Waals surface area contributed by atoms with Gasteiger partial charge in [-0.05, 0) is 24.3 Å². The van der Waals surface area contributed by atoms with Crippen molar-refractivity contribution in [3.05, 3.63) is 29.8 Å². The average Bonchev–Trinajstić information content (AvgIpc) is 3.00. The van der Waals surface area contributed by atoms with Crippen molar-refractivity contribution in [1.29, 1.82) is 0 Å². The molecule has 2 amide bonds. The number of anilines is 2. The molecular weight excluding hydrogens is 389 g/mol. The lowest BCUT2D eigenvalue weighted by molar-refractivity contribution is -0.137. The van der Waals surface area contributed by atoms with E-state index in [2.05, 4.69) is 20.8 Å². The third kappa shape index (κ3) is 5.99. The minimum absolute atomic E-state index is 0.00772. The number of amides is 2. The molecule has 1 aromatic heterocycles. The molecule has 0 atom stereocenters. The van der Waals surface area contributed by atoms with Gasteiger partial charge in [-0.15, -0.1) is 10.2 Å². The summed E-state index contributed by atoms with van der Waals surface area (Å²) >= 11 is 2.25. The molecule has 0 bridgehead atoms. The third-order valence-electron chi connectivity index (χ3n) is 2.98. The van der Waals surface area contributed by atoms with Crippen LogP contribution in [0.5, 0.6) is 0 Å². The van der Waals surface area contributed by atoms with Crippen LogP contribution in [0, 0.1) is 5.92 Å². The van der Waals surface area contributed by atoms with Crippen LogP contribution in [0.4, 0.5) is 24.0 Å². The lowest BCUT2D eigenvalue weighted by atomic mass is 10.2. The van der Waals surface area contributed by atoms with Crippen molar-refractivity contribution >= 4 is 45.7 Å². The Morgan fingerprint density at radius 3 is 2.38 bits per heavy atom. The molecule has 0 aliphatic rings. The van der Waals surface area contributed by atoms with Gasteiger partial charge in [0.1, 0.15) is 0 Å². The monoisotopic (exact) mass is 404 g/mol. The molecule has 140 valence electrons. The van der Waals surface area contributed by atoms with Crippen LogP contribution in [-0.2, 0) is 15.8 Å². The number of rotatable bonds is 6. The number of alkyl halides is 3. The van der Waals surface area contributed by atoms with Crippen LogP contribution < -0.4 is 10.6 Å². The highest BCUT2D eigenvalue weighted by Gasteiger charge is 2.29. The zero-order chi connectivity index (χ0) is 19.3. The summed E-state index contributed by atoms with van der Waals surface area (Å²) < 4.78 is 38.0. The first kappa shape index (κ1) is 20.2. The summed E-state index contributed by atoms with van der Waals surface area (Å²) in [5.41, 5.74) is -0.513. The van der Waals surface area contributed by atoms with Crippen LogP contribution in [0.3, 0.4) is 0 Å². The second-order valence-electron chi connectivity index (χ2n) is 5.43. The second kappa shape index (κ2) is 8.49. The minimum atomic E-state index is -4.42. The van der Waals surface area contributed by atoms with Crippen LogP contribution in [0.2, 0.25) is 0 Å². The zero-order valence-corrected chi connectivity index (χ0v) is 15.4. The molecular formula is C15H15F3N4O2S2. The number of carbonyl (C=O) groups excluding carboxylic acids is 2. The molecule has 1 heterocycles. The van der Waals surface area contributed by atoms with E-state index in [1.54, 1.807) is 13.8 Å². The number of nitrogens with one attached hydrogen (secondary N) is 2. The second-order valence-corrected chi connectivity index (χ2v) is 7.63. The average molecular weight is 404 g/mol. The van der Waals surface area contributed by atoms with Crippen molar-refractivity contribution in [1.82, 2.24) is 10.2 Å². The molecule has 0 saturated heterocycles. The van der Waals surface area contributed by atoms with E-state index in [9.17, 15) is 22.8 Å². The number of halogens is 3. The fourth-order valence-electron chi connectivity index (χ4n) is 1.64. The zero-order valence-electron chi connectivity index (χ0n) is 13.8. The van der Waals surface area contributed by atoms with Gasteiger partial charge in [0.15, 0.2) is 4.34 Å². The lowest BCUT2D eigenvalue weighted by Crippen LogP contribution is -2.17. The summed E-state index contributed by atoms with van der Waals surface area (Å²) in [6.45, 7) is 3.50. The van der Waals surface area contributed by atoms with Crippen LogP contribution in [0.1, 0.15) is 19.4 Å². The Morgan fingerprint density at radius 1 is 1.15 bits per heavy atom. The summed E-state index contributed by atoms with van der Waals surface area (Å²) in [5.74, 6) is -0.756. The van der Waals surface area contributed by atoms with Crippen molar-refractivity contribution in [2.75, 3.05) is 16.4 Å². The van der Waals surface area contributed by atoms with Crippen LogP contribution in [-0.4, -0.2) is 27.8 Å². The predicted octanol–water partition coefficient (Wildman–Crippen LogP) is 3.88. The van der Waals surface area contributed by atoms with Gasteiger partial charge in [0.2, 0.25) is 16.9 Å². The molecule has 0 spiro atoms. The van der Waals surface area contributed by atoms with Gasteiger partial charge in [-0.1, -0.05) is 36.9 Å². The van der Waals surface area contributed by atoms with Gasteiger partial charge in [0.25, 0.3) is 0 Å². The number of hydrogen-bond acceptors (Lipinski definition) is 6.